The van der Waals surface area contributed by atoms with Crippen molar-refractivity contribution in [3.8, 4) is 0 Å². The lowest BCUT2D eigenvalue weighted by atomic mass is 9.92. The minimum Gasteiger partial charge on any atom is -0.311 e. The molecule has 2 saturated heterocycles. The number of piperazine rings is 1. The molecule has 0 aromatic rings. The Morgan fingerprint density at radius 2 is 1.80 bits per heavy atom. The fraction of sp³-hybridized carbons (Fsp3) is 1.00. The number of piperidine rings is 1. The lowest BCUT2D eigenvalue weighted by molar-refractivity contribution is 0.0623. The third kappa shape index (κ3) is 3.55. The molecule has 3 rings (SSSR count). The van der Waals surface area contributed by atoms with Gasteiger partial charge in [0.15, 0.2) is 0 Å². The fourth-order valence-corrected chi connectivity index (χ4v) is 4.11. The highest BCUT2D eigenvalue weighted by Crippen LogP contribution is 2.35. The van der Waals surface area contributed by atoms with Crippen LogP contribution in [0.5, 0.6) is 0 Å². The maximum atomic E-state index is 3.84. The molecule has 3 aliphatic rings. The maximum Gasteiger partial charge on any atom is 0.0244 e. The molecule has 1 N–H and O–H groups in total. The topological polar surface area (TPSA) is 18.5 Å². The molecule has 0 amide bonds. The summed E-state index contributed by atoms with van der Waals surface area (Å²) in [5, 5.41) is 3.84. The second-order valence-corrected chi connectivity index (χ2v) is 7.86. The summed E-state index contributed by atoms with van der Waals surface area (Å²) in [5.41, 5.74) is 0. The van der Waals surface area contributed by atoms with Gasteiger partial charge in [0.25, 0.3) is 0 Å². The van der Waals surface area contributed by atoms with E-state index in [0.717, 1.165) is 29.8 Å². The molecule has 3 heteroatoms. The van der Waals surface area contributed by atoms with Crippen LogP contribution in [0.1, 0.15) is 39.5 Å². The van der Waals surface area contributed by atoms with Gasteiger partial charge in [0, 0.05) is 31.7 Å². The summed E-state index contributed by atoms with van der Waals surface area (Å²) in [4.78, 5) is 5.33. The average Bonchev–Trinajstić information content (AvgIpc) is 3.25. The first-order valence-electron chi connectivity index (χ1n) is 8.79. The number of likely N-dealkylation sites (tertiary alicyclic amines) is 1. The molecule has 3 nitrogen and oxygen atoms in total. The molecule has 116 valence electrons. The van der Waals surface area contributed by atoms with Crippen molar-refractivity contribution in [3.05, 3.63) is 0 Å². The molecule has 2 unspecified atom stereocenters. The summed E-state index contributed by atoms with van der Waals surface area (Å²) in [5.74, 6) is 2.70. The predicted octanol–water partition coefficient (Wildman–Crippen LogP) is 2.04. The van der Waals surface area contributed by atoms with Crippen LogP contribution >= 0.6 is 0 Å². The highest BCUT2D eigenvalue weighted by molar-refractivity contribution is 4.95. The van der Waals surface area contributed by atoms with Gasteiger partial charge in [-0.2, -0.15) is 0 Å². The normalized spacial score (nSPS) is 34.8. The van der Waals surface area contributed by atoms with Crippen LogP contribution in [0.25, 0.3) is 0 Å². The van der Waals surface area contributed by atoms with Crippen molar-refractivity contribution >= 4 is 0 Å². The van der Waals surface area contributed by atoms with E-state index >= 15 is 0 Å². The highest BCUT2D eigenvalue weighted by atomic mass is 15.2. The van der Waals surface area contributed by atoms with Gasteiger partial charge in [-0.1, -0.05) is 13.8 Å². The van der Waals surface area contributed by atoms with Crippen molar-refractivity contribution in [1.29, 1.82) is 0 Å². The quantitative estimate of drug-likeness (QED) is 0.849. The van der Waals surface area contributed by atoms with Gasteiger partial charge in [-0.25, -0.2) is 0 Å². The molecule has 0 aromatic heterocycles. The second-order valence-electron chi connectivity index (χ2n) is 7.86. The third-order valence-corrected chi connectivity index (χ3v) is 5.78. The molecule has 2 atom stereocenters. The Labute approximate surface area is 125 Å². The Kier molecular flexibility index (Phi) is 4.68. The van der Waals surface area contributed by atoms with E-state index in [1.54, 1.807) is 0 Å². The van der Waals surface area contributed by atoms with Gasteiger partial charge >= 0.3 is 0 Å². The second kappa shape index (κ2) is 6.33. The van der Waals surface area contributed by atoms with Crippen molar-refractivity contribution in [2.45, 2.75) is 51.6 Å². The van der Waals surface area contributed by atoms with E-state index in [2.05, 4.69) is 36.0 Å². The standard InChI is InChI=1S/C17H33N3/c1-13(2)17-10-18-16(15-4-5-15)12-20(17)11-14-6-8-19(3)9-7-14/h13-18H,4-12H2,1-3H3. The molecule has 0 radical (unpaired) electrons. The van der Waals surface area contributed by atoms with Gasteiger partial charge in [-0.15, -0.1) is 0 Å². The van der Waals surface area contributed by atoms with Crippen LogP contribution in [-0.4, -0.2) is 61.7 Å². The van der Waals surface area contributed by atoms with E-state index in [1.165, 1.54) is 58.4 Å². The molecular weight excluding hydrogens is 246 g/mol. The lowest BCUT2D eigenvalue weighted by Crippen LogP contribution is -2.60. The third-order valence-electron chi connectivity index (χ3n) is 5.78. The summed E-state index contributed by atoms with van der Waals surface area (Å²) in [6, 6.07) is 1.54. The van der Waals surface area contributed by atoms with Crippen LogP contribution in [-0.2, 0) is 0 Å². The van der Waals surface area contributed by atoms with E-state index < -0.39 is 0 Å². The first-order chi connectivity index (χ1) is 9.63. The molecule has 20 heavy (non-hydrogen) atoms. The van der Waals surface area contributed by atoms with Crippen molar-refractivity contribution < 1.29 is 0 Å². The predicted molar refractivity (Wildman–Crippen MR) is 84.9 cm³/mol. The van der Waals surface area contributed by atoms with Gasteiger partial charge in [0.05, 0.1) is 0 Å². The first-order valence-corrected chi connectivity index (χ1v) is 8.79. The summed E-state index contributed by atoms with van der Waals surface area (Å²) in [6.07, 6.45) is 5.73. The maximum absolute atomic E-state index is 3.84. The zero-order valence-corrected chi connectivity index (χ0v) is 13.6. The van der Waals surface area contributed by atoms with Gasteiger partial charge < -0.3 is 10.2 Å². The Hall–Kier alpha value is -0.120. The van der Waals surface area contributed by atoms with Crippen LogP contribution in [0, 0.1) is 17.8 Å². The molecule has 3 fully saturated rings. The lowest BCUT2D eigenvalue weighted by Gasteiger charge is -2.45. The first kappa shape index (κ1) is 14.8. The minimum atomic E-state index is 0.754. The average molecular weight is 279 g/mol. The number of rotatable bonds is 4. The number of hydrogen-bond donors (Lipinski definition) is 1. The van der Waals surface area contributed by atoms with E-state index in [9.17, 15) is 0 Å². The van der Waals surface area contributed by atoms with Gasteiger partial charge in [-0.05, 0) is 63.6 Å². The van der Waals surface area contributed by atoms with Crippen molar-refractivity contribution in [2.75, 3.05) is 39.8 Å². The molecule has 0 bridgehead atoms. The largest absolute Gasteiger partial charge is 0.311 e. The number of nitrogens with zero attached hydrogens (tertiary/aromatic N) is 2. The van der Waals surface area contributed by atoms with E-state index in [1.807, 2.05) is 0 Å². The zero-order chi connectivity index (χ0) is 14.1. The SMILES string of the molecule is CC(C)C1CNC(C2CC2)CN1CC1CCN(C)CC1. The molecule has 1 saturated carbocycles. The molecule has 2 heterocycles. The Morgan fingerprint density at radius 1 is 1.10 bits per heavy atom. The monoisotopic (exact) mass is 279 g/mol. The zero-order valence-electron chi connectivity index (χ0n) is 13.6. The van der Waals surface area contributed by atoms with Crippen molar-refractivity contribution in [2.24, 2.45) is 17.8 Å². The number of nitrogens with one attached hydrogen (secondary N) is 1. The Morgan fingerprint density at radius 3 is 2.40 bits per heavy atom. The van der Waals surface area contributed by atoms with E-state index in [4.69, 9.17) is 0 Å². The summed E-state index contributed by atoms with van der Waals surface area (Å²) in [7, 11) is 2.26. The highest BCUT2D eigenvalue weighted by Gasteiger charge is 2.38. The Bertz CT molecular complexity index is 305. The smallest absolute Gasteiger partial charge is 0.0244 e. The van der Waals surface area contributed by atoms with Gasteiger partial charge in [0.2, 0.25) is 0 Å². The van der Waals surface area contributed by atoms with Crippen LogP contribution in [0.15, 0.2) is 0 Å². The summed E-state index contributed by atoms with van der Waals surface area (Å²) >= 11 is 0. The molecule has 0 aromatic carbocycles. The van der Waals surface area contributed by atoms with Crippen LogP contribution < -0.4 is 5.32 Å². The summed E-state index contributed by atoms with van der Waals surface area (Å²) < 4.78 is 0. The molecular formula is C17H33N3. The van der Waals surface area contributed by atoms with Crippen molar-refractivity contribution in [1.82, 2.24) is 15.1 Å². The van der Waals surface area contributed by atoms with Crippen molar-refractivity contribution in [3.63, 3.8) is 0 Å². The van der Waals surface area contributed by atoms with Crippen LogP contribution in [0.3, 0.4) is 0 Å². The van der Waals surface area contributed by atoms with Crippen LogP contribution in [0.2, 0.25) is 0 Å². The molecule has 1 aliphatic carbocycles. The van der Waals surface area contributed by atoms with Gasteiger partial charge in [-0.3, -0.25) is 4.90 Å². The number of hydrogen-bond acceptors (Lipinski definition) is 3. The minimum absolute atomic E-state index is 0.754. The molecule has 0 spiro atoms. The molecule has 2 aliphatic heterocycles. The van der Waals surface area contributed by atoms with E-state index in [-0.39, 0.29) is 0 Å². The van der Waals surface area contributed by atoms with Gasteiger partial charge in [0.1, 0.15) is 0 Å². The fourth-order valence-electron chi connectivity index (χ4n) is 4.11. The Balaban J connectivity index is 1.57. The van der Waals surface area contributed by atoms with E-state index in [0.29, 0.717) is 0 Å². The summed E-state index contributed by atoms with van der Waals surface area (Å²) in [6.45, 7) is 11.3. The van der Waals surface area contributed by atoms with Crippen LogP contribution in [0.4, 0.5) is 0 Å².